The summed E-state index contributed by atoms with van der Waals surface area (Å²) in [7, 11) is -1.91. The summed E-state index contributed by atoms with van der Waals surface area (Å²) in [5.41, 5.74) is -0.329. The van der Waals surface area contributed by atoms with E-state index in [9.17, 15) is 8.42 Å². The topological polar surface area (TPSA) is 80.3 Å². The maximum absolute atomic E-state index is 12.2. The number of ether oxygens (including phenoxy) is 1. The highest BCUT2D eigenvalue weighted by molar-refractivity contribution is 7.89. The Morgan fingerprint density at radius 2 is 2.15 bits per heavy atom. The van der Waals surface area contributed by atoms with Crippen molar-refractivity contribution in [3.8, 4) is 0 Å². The third kappa shape index (κ3) is 3.28. The van der Waals surface area contributed by atoms with Crippen molar-refractivity contribution in [1.29, 1.82) is 0 Å². The Labute approximate surface area is 120 Å². The highest BCUT2D eigenvalue weighted by atomic mass is 32.2. The lowest BCUT2D eigenvalue weighted by atomic mass is 9.80. The molecule has 1 fully saturated rings. The molecule has 0 aromatic carbocycles. The lowest BCUT2D eigenvalue weighted by molar-refractivity contribution is -0.0659. The molecule has 0 unspecified atom stereocenters. The number of hydrogen-bond acceptors (Lipinski definition) is 5. The molecular weight excluding hydrogens is 278 g/mol. The van der Waals surface area contributed by atoms with Crippen LogP contribution in [-0.4, -0.2) is 39.2 Å². The van der Waals surface area contributed by atoms with Crippen LogP contribution in [0.5, 0.6) is 0 Å². The molecule has 1 aromatic heterocycles. The first-order chi connectivity index (χ1) is 9.51. The monoisotopic (exact) mass is 299 g/mol. The average Bonchev–Trinajstić information content (AvgIpc) is 2.39. The minimum absolute atomic E-state index is 0.171. The number of pyridine rings is 1. The van der Waals surface area contributed by atoms with Crippen molar-refractivity contribution in [3.63, 3.8) is 0 Å². The van der Waals surface area contributed by atoms with Gasteiger partial charge in [-0.15, -0.1) is 0 Å². The fourth-order valence-corrected chi connectivity index (χ4v) is 3.22. The van der Waals surface area contributed by atoms with Crippen molar-refractivity contribution in [3.05, 3.63) is 18.3 Å². The number of hydrogen-bond donors (Lipinski definition) is 2. The Kier molecular flexibility index (Phi) is 4.62. The van der Waals surface area contributed by atoms with Crippen molar-refractivity contribution in [2.24, 2.45) is 0 Å². The van der Waals surface area contributed by atoms with Crippen molar-refractivity contribution in [1.82, 2.24) is 9.71 Å². The zero-order valence-electron chi connectivity index (χ0n) is 11.8. The average molecular weight is 299 g/mol. The van der Waals surface area contributed by atoms with Crippen molar-refractivity contribution >= 4 is 15.8 Å². The van der Waals surface area contributed by atoms with Crippen molar-refractivity contribution in [2.45, 2.75) is 36.7 Å². The summed E-state index contributed by atoms with van der Waals surface area (Å²) in [4.78, 5) is 4.24. The minimum Gasteiger partial charge on any atom is -0.377 e. The third-order valence-corrected chi connectivity index (χ3v) is 5.07. The van der Waals surface area contributed by atoms with Gasteiger partial charge in [0.15, 0.2) is 0 Å². The Morgan fingerprint density at radius 1 is 1.40 bits per heavy atom. The SMILES string of the molecule is CCNc1ccc(S(=O)(=O)NCC2(OC)CCC2)cn1. The molecule has 6 nitrogen and oxygen atoms in total. The van der Waals surface area contributed by atoms with Crippen LogP contribution in [0.2, 0.25) is 0 Å². The van der Waals surface area contributed by atoms with Gasteiger partial charge in [0, 0.05) is 26.4 Å². The molecule has 1 heterocycles. The Hall–Kier alpha value is -1.18. The zero-order chi connectivity index (χ0) is 14.6. The van der Waals surface area contributed by atoms with Crippen LogP contribution in [0.25, 0.3) is 0 Å². The molecule has 0 saturated heterocycles. The standard InChI is InChI=1S/C13H21N3O3S/c1-3-14-12-6-5-11(9-15-12)20(17,18)16-10-13(19-2)7-4-8-13/h5-6,9,16H,3-4,7-8,10H2,1-2H3,(H,14,15). The maximum atomic E-state index is 12.2. The van der Waals surface area contributed by atoms with Crippen LogP contribution >= 0.6 is 0 Å². The predicted octanol–water partition coefficient (Wildman–Crippen LogP) is 1.36. The Bertz CT molecular complexity index is 533. The molecule has 1 saturated carbocycles. The molecule has 112 valence electrons. The van der Waals surface area contributed by atoms with Gasteiger partial charge in [0.2, 0.25) is 10.0 Å². The number of anilines is 1. The van der Waals surface area contributed by atoms with E-state index in [1.54, 1.807) is 19.2 Å². The normalized spacial score (nSPS) is 17.5. The molecule has 1 aliphatic rings. The number of nitrogens with zero attached hydrogens (tertiary/aromatic N) is 1. The third-order valence-electron chi connectivity index (χ3n) is 3.69. The first kappa shape index (κ1) is 15.2. The number of aromatic nitrogens is 1. The predicted molar refractivity (Wildman–Crippen MR) is 77.2 cm³/mol. The quantitative estimate of drug-likeness (QED) is 0.794. The first-order valence-corrected chi connectivity index (χ1v) is 8.24. The van der Waals surface area contributed by atoms with Crippen LogP contribution < -0.4 is 10.0 Å². The summed E-state index contributed by atoms with van der Waals surface area (Å²) in [6.45, 7) is 3.01. The molecule has 0 radical (unpaired) electrons. The zero-order valence-corrected chi connectivity index (χ0v) is 12.7. The molecule has 2 N–H and O–H groups in total. The molecule has 0 amide bonds. The van der Waals surface area contributed by atoms with Crippen LogP contribution in [0.4, 0.5) is 5.82 Å². The van der Waals surface area contributed by atoms with Gasteiger partial charge >= 0.3 is 0 Å². The highest BCUT2D eigenvalue weighted by Crippen LogP contribution is 2.34. The van der Waals surface area contributed by atoms with Crippen LogP contribution in [0.1, 0.15) is 26.2 Å². The Balaban J connectivity index is 2.02. The van der Waals surface area contributed by atoms with E-state index >= 15 is 0 Å². The smallest absolute Gasteiger partial charge is 0.242 e. The number of sulfonamides is 1. The lowest BCUT2D eigenvalue weighted by Gasteiger charge is -2.40. The van der Waals surface area contributed by atoms with Gasteiger partial charge in [-0.3, -0.25) is 0 Å². The van der Waals surface area contributed by atoms with Gasteiger partial charge in [0.05, 0.1) is 5.60 Å². The van der Waals surface area contributed by atoms with E-state index in [0.29, 0.717) is 12.4 Å². The van der Waals surface area contributed by atoms with Crippen LogP contribution in [-0.2, 0) is 14.8 Å². The van der Waals surface area contributed by atoms with E-state index in [4.69, 9.17) is 4.74 Å². The second kappa shape index (κ2) is 6.07. The van der Waals surface area contributed by atoms with Gasteiger partial charge in [0.25, 0.3) is 0 Å². The summed E-state index contributed by atoms with van der Waals surface area (Å²) in [5, 5.41) is 3.02. The van der Waals surface area contributed by atoms with Gasteiger partial charge in [-0.25, -0.2) is 18.1 Å². The lowest BCUT2D eigenvalue weighted by Crippen LogP contribution is -2.49. The highest BCUT2D eigenvalue weighted by Gasteiger charge is 2.38. The number of nitrogens with one attached hydrogen (secondary N) is 2. The number of rotatable bonds is 7. The molecule has 0 aliphatic heterocycles. The molecule has 1 aromatic rings. The molecule has 2 rings (SSSR count). The molecule has 0 spiro atoms. The maximum Gasteiger partial charge on any atom is 0.242 e. The Morgan fingerprint density at radius 3 is 2.60 bits per heavy atom. The summed E-state index contributed by atoms with van der Waals surface area (Å²) in [6.07, 6.45) is 4.22. The van der Waals surface area contributed by atoms with E-state index in [0.717, 1.165) is 25.8 Å². The van der Waals surface area contributed by atoms with Crippen molar-refractivity contribution in [2.75, 3.05) is 25.5 Å². The molecular formula is C13H21N3O3S. The minimum atomic E-state index is -3.53. The molecule has 0 bridgehead atoms. The van der Waals surface area contributed by atoms with E-state index in [2.05, 4.69) is 15.0 Å². The van der Waals surface area contributed by atoms with E-state index in [1.165, 1.54) is 6.20 Å². The van der Waals surface area contributed by atoms with Crippen molar-refractivity contribution < 1.29 is 13.2 Å². The molecule has 7 heteroatoms. The van der Waals surface area contributed by atoms with Gasteiger partial charge < -0.3 is 10.1 Å². The molecule has 0 atom stereocenters. The molecule has 20 heavy (non-hydrogen) atoms. The summed E-state index contributed by atoms with van der Waals surface area (Å²) in [5.74, 6) is 0.666. The van der Waals surface area contributed by atoms with Gasteiger partial charge in [0.1, 0.15) is 10.7 Å². The van der Waals surface area contributed by atoms with Crippen LogP contribution in [0.3, 0.4) is 0 Å². The second-order valence-electron chi connectivity index (χ2n) is 4.97. The first-order valence-electron chi connectivity index (χ1n) is 6.76. The largest absolute Gasteiger partial charge is 0.377 e. The van der Waals surface area contributed by atoms with Gasteiger partial charge in [-0.05, 0) is 38.3 Å². The van der Waals surface area contributed by atoms with E-state index < -0.39 is 10.0 Å². The summed E-state index contributed by atoms with van der Waals surface area (Å²) >= 11 is 0. The van der Waals surface area contributed by atoms with E-state index in [-0.39, 0.29) is 10.5 Å². The second-order valence-corrected chi connectivity index (χ2v) is 6.74. The fourth-order valence-electron chi connectivity index (χ4n) is 2.16. The van der Waals surface area contributed by atoms with Gasteiger partial charge in [-0.1, -0.05) is 0 Å². The summed E-state index contributed by atoms with van der Waals surface area (Å²) < 4.78 is 32.4. The van der Waals surface area contributed by atoms with E-state index in [1.807, 2.05) is 6.92 Å². The fraction of sp³-hybridized carbons (Fsp3) is 0.615. The van der Waals surface area contributed by atoms with Crippen LogP contribution in [0, 0.1) is 0 Å². The summed E-state index contributed by atoms with van der Waals surface area (Å²) in [6, 6.07) is 3.21. The number of methoxy groups -OCH3 is 1. The van der Waals surface area contributed by atoms with Gasteiger partial charge in [-0.2, -0.15) is 0 Å². The van der Waals surface area contributed by atoms with Crippen LogP contribution in [0.15, 0.2) is 23.2 Å². The molecule has 1 aliphatic carbocycles.